The summed E-state index contributed by atoms with van der Waals surface area (Å²) in [6, 6.07) is 15.6. The second kappa shape index (κ2) is 14.9. The maximum Gasteiger partial charge on any atom is 0.339 e. The Labute approximate surface area is 246 Å². The van der Waals surface area contributed by atoms with Gasteiger partial charge in [-0.05, 0) is 49.4 Å². The Bertz CT molecular complexity index is 1470. The van der Waals surface area contributed by atoms with Gasteiger partial charge in [0.2, 0.25) is 0 Å². The summed E-state index contributed by atoms with van der Waals surface area (Å²) in [5, 5.41) is 0. The van der Waals surface area contributed by atoms with E-state index >= 15 is 0 Å². The number of Topliss-reactive ketones (excluding diaryl/α,β-unsaturated/α-hetero) is 1. The number of ketones is 1. The van der Waals surface area contributed by atoms with Crippen molar-refractivity contribution >= 4 is 35.6 Å². The highest BCUT2D eigenvalue weighted by molar-refractivity contribution is 6.06. The Morgan fingerprint density at radius 1 is 0.558 bits per heavy atom. The first-order chi connectivity index (χ1) is 20.6. The van der Waals surface area contributed by atoms with Crippen LogP contribution < -0.4 is 4.74 Å². The van der Waals surface area contributed by atoms with Crippen LogP contribution in [0.3, 0.4) is 0 Å². The molecule has 0 aliphatic rings. The summed E-state index contributed by atoms with van der Waals surface area (Å²) in [4.78, 5) is 75.3. The number of methoxy groups -OCH3 is 3. The SMILES string of the molecule is COC(=O)c1ccccc1C(=O)OCC(COC(=O)c1ccccc1C(=O)OC)OC(=O)c1ccc(OC)cc1C(C)=O. The van der Waals surface area contributed by atoms with E-state index < -0.39 is 54.9 Å². The molecule has 12 heteroatoms. The van der Waals surface area contributed by atoms with Crippen LogP contribution in [0.25, 0.3) is 0 Å². The van der Waals surface area contributed by atoms with Crippen LogP contribution in [-0.2, 0) is 23.7 Å². The van der Waals surface area contributed by atoms with Gasteiger partial charge in [-0.1, -0.05) is 24.3 Å². The molecule has 3 rings (SSSR count). The van der Waals surface area contributed by atoms with E-state index in [2.05, 4.69) is 0 Å². The Kier molecular flexibility index (Phi) is 11.1. The molecular formula is C31H28O12. The van der Waals surface area contributed by atoms with E-state index in [0.29, 0.717) is 5.75 Å². The van der Waals surface area contributed by atoms with Crippen molar-refractivity contribution in [1.29, 1.82) is 0 Å². The molecule has 0 spiro atoms. The number of rotatable bonds is 12. The van der Waals surface area contributed by atoms with Crippen LogP contribution in [0.1, 0.15) is 69.1 Å². The second-order valence-electron chi connectivity index (χ2n) is 8.77. The molecule has 0 aromatic heterocycles. The second-order valence-corrected chi connectivity index (χ2v) is 8.77. The lowest BCUT2D eigenvalue weighted by Gasteiger charge is -2.19. The van der Waals surface area contributed by atoms with Gasteiger partial charge in [0.05, 0.1) is 49.1 Å². The van der Waals surface area contributed by atoms with Crippen LogP contribution in [0.5, 0.6) is 5.75 Å². The van der Waals surface area contributed by atoms with E-state index in [0.717, 1.165) is 14.2 Å². The van der Waals surface area contributed by atoms with Gasteiger partial charge in [-0.25, -0.2) is 24.0 Å². The standard InChI is InChI=1S/C31H28O12/c1-18(32)26-15-19(38-2)13-14-25(26)31(37)43-20(16-41-29(35)23-11-7-5-9-21(23)27(33)39-3)17-42-30(36)24-12-8-6-10-22(24)28(34)40-4/h5-15,20H,16-17H2,1-4H3. The molecular weight excluding hydrogens is 564 g/mol. The van der Waals surface area contributed by atoms with Gasteiger partial charge in [0.1, 0.15) is 19.0 Å². The first-order valence-electron chi connectivity index (χ1n) is 12.7. The molecule has 12 nitrogen and oxygen atoms in total. The lowest BCUT2D eigenvalue weighted by Crippen LogP contribution is -2.32. The number of carbonyl (C=O) groups is 6. The molecule has 0 N–H and O–H groups in total. The van der Waals surface area contributed by atoms with E-state index in [1.807, 2.05) is 0 Å². The van der Waals surface area contributed by atoms with Crippen LogP contribution in [-0.4, -0.2) is 76.3 Å². The monoisotopic (exact) mass is 592 g/mol. The summed E-state index contributed by atoms with van der Waals surface area (Å²) in [6.07, 6.45) is -1.38. The van der Waals surface area contributed by atoms with E-state index in [1.165, 1.54) is 80.8 Å². The van der Waals surface area contributed by atoms with Crippen LogP contribution in [0.15, 0.2) is 66.7 Å². The molecule has 0 bridgehead atoms. The maximum atomic E-state index is 13.2. The van der Waals surface area contributed by atoms with Crippen molar-refractivity contribution in [2.24, 2.45) is 0 Å². The summed E-state index contributed by atoms with van der Waals surface area (Å²) in [5.74, 6) is -4.53. The van der Waals surface area contributed by atoms with Crippen molar-refractivity contribution in [2.75, 3.05) is 34.5 Å². The minimum absolute atomic E-state index is 0.0103. The summed E-state index contributed by atoms with van der Waals surface area (Å²) in [7, 11) is 3.70. The van der Waals surface area contributed by atoms with Crippen molar-refractivity contribution in [3.8, 4) is 5.75 Å². The highest BCUT2D eigenvalue weighted by Crippen LogP contribution is 2.21. The number of carbonyl (C=O) groups excluding carboxylic acids is 6. The van der Waals surface area contributed by atoms with Gasteiger partial charge in [-0.15, -0.1) is 0 Å². The molecule has 0 aliphatic heterocycles. The largest absolute Gasteiger partial charge is 0.497 e. The Balaban J connectivity index is 1.86. The van der Waals surface area contributed by atoms with Gasteiger partial charge in [0.25, 0.3) is 0 Å². The Hall–Kier alpha value is -5.52. The van der Waals surface area contributed by atoms with Crippen molar-refractivity contribution in [1.82, 2.24) is 0 Å². The average Bonchev–Trinajstić information content (AvgIpc) is 3.04. The third-order valence-electron chi connectivity index (χ3n) is 6.00. The fraction of sp³-hybridized carbons (Fsp3) is 0.226. The summed E-state index contributed by atoms with van der Waals surface area (Å²) >= 11 is 0. The lowest BCUT2D eigenvalue weighted by atomic mass is 10.0. The third-order valence-corrected chi connectivity index (χ3v) is 6.00. The normalized spacial score (nSPS) is 10.3. The zero-order valence-electron chi connectivity index (χ0n) is 23.7. The molecule has 0 atom stereocenters. The Morgan fingerprint density at radius 2 is 0.977 bits per heavy atom. The smallest absolute Gasteiger partial charge is 0.339 e. The van der Waals surface area contributed by atoms with E-state index in [9.17, 15) is 28.8 Å². The van der Waals surface area contributed by atoms with Gasteiger partial charge >= 0.3 is 29.8 Å². The number of hydrogen-bond donors (Lipinski definition) is 0. The molecule has 0 heterocycles. The van der Waals surface area contributed by atoms with Crippen molar-refractivity contribution in [2.45, 2.75) is 13.0 Å². The molecule has 224 valence electrons. The molecule has 0 amide bonds. The quantitative estimate of drug-likeness (QED) is 0.171. The summed E-state index contributed by atoms with van der Waals surface area (Å²) < 4.78 is 30.7. The number of ether oxygens (including phenoxy) is 6. The molecule has 0 fully saturated rings. The number of esters is 5. The molecule has 3 aromatic rings. The molecule has 0 unspecified atom stereocenters. The van der Waals surface area contributed by atoms with Gasteiger partial charge in [0.15, 0.2) is 11.9 Å². The number of hydrogen-bond acceptors (Lipinski definition) is 12. The van der Waals surface area contributed by atoms with Gasteiger partial charge in [-0.2, -0.15) is 0 Å². The highest BCUT2D eigenvalue weighted by atomic mass is 16.6. The first-order valence-corrected chi connectivity index (χ1v) is 12.7. The zero-order valence-corrected chi connectivity index (χ0v) is 23.7. The van der Waals surface area contributed by atoms with Crippen LogP contribution in [0.4, 0.5) is 0 Å². The van der Waals surface area contributed by atoms with Crippen LogP contribution in [0.2, 0.25) is 0 Å². The highest BCUT2D eigenvalue weighted by Gasteiger charge is 2.26. The van der Waals surface area contributed by atoms with Gasteiger partial charge < -0.3 is 28.4 Å². The topological polar surface area (TPSA) is 158 Å². The van der Waals surface area contributed by atoms with E-state index in [-0.39, 0.29) is 33.4 Å². The predicted molar refractivity (Wildman–Crippen MR) is 148 cm³/mol. The molecule has 0 saturated heterocycles. The third kappa shape index (κ3) is 8.03. The summed E-state index contributed by atoms with van der Waals surface area (Å²) in [6.45, 7) is 0.0270. The molecule has 0 aliphatic carbocycles. The maximum absolute atomic E-state index is 13.2. The van der Waals surface area contributed by atoms with Gasteiger partial charge in [0, 0.05) is 5.56 Å². The first kappa shape index (κ1) is 32.0. The van der Waals surface area contributed by atoms with Crippen molar-refractivity contribution in [3.63, 3.8) is 0 Å². The average molecular weight is 593 g/mol. The fourth-order valence-corrected chi connectivity index (χ4v) is 3.84. The summed E-state index contributed by atoms with van der Waals surface area (Å²) in [5.41, 5.74) is -0.438. The van der Waals surface area contributed by atoms with Crippen LogP contribution >= 0.6 is 0 Å². The lowest BCUT2D eigenvalue weighted by molar-refractivity contribution is -0.0255. The van der Waals surface area contributed by atoms with Crippen molar-refractivity contribution in [3.05, 3.63) is 100 Å². The minimum Gasteiger partial charge on any atom is -0.497 e. The van der Waals surface area contributed by atoms with E-state index in [4.69, 9.17) is 28.4 Å². The van der Waals surface area contributed by atoms with E-state index in [1.54, 1.807) is 0 Å². The number of benzene rings is 3. The molecule has 0 saturated carbocycles. The fourth-order valence-electron chi connectivity index (χ4n) is 3.84. The van der Waals surface area contributed by atoms with Crippen molar-refractivity contribution < 1.29 is 57.2 Å². The predicted octanol–water partition coefficient (Wildman–Crippen LogP) is 3.71. The Morgan fingerprint density at radius 3 is 1.37 bits per heavy atom. The molecule has 3 aromatic carbocycles. The minimum atomic E-state index is -1.38. The van der Waals surface area contributed by atoms with Crippen LogP contribution in [0, 0.1) is 0 Å². The van der Waals surface area contributed by atoms with Gasteiger partial charge in [-0.3, -0.25) is 4.79 Å². The molecule has 43 heavy (non-hydrogen) atoms. The zero-order chi connectivity index (χ0) is 31.5. The molecule has 0 radical (unpaired) electrons.